The molecule has 0 heterocycles. The van der Waals surface area contributed by atoms with Crippen LogP contribution in [0.5, 0.6) is 0 Å². The zero-order chi connectivity index (χ0) is 15.6. The Morgan fingerprint density at radius 1 is 1.26 bits per heavy atom. The van der Waals surface area contributed by atoms with Crippen LogP contribution in [0, 0.1) is 11.3 Å². The number of allylic oxidation sites excluding steroid dienone is 2. The highest BCUT2D eigenvalue weighted by molar-refractivity contribution is 6.30. The summed E-state index contributed by atoms with van der Waals surface area (Å²) in [7, 11) is 0. The lowest BCUT2D eigenvalue weighted by atomic mass is 10.1. The molecule has 0 aromatic rings. The van der Waals surface area contributed by atoms with Crippen molar-refractivity contribution in [3.05, 3.63) is 11.1 Å². The van der Waals surface area contributed by atoms with Crippen LogP contribution >= 0.6 is 11.6 Å². The summed E-state index contributed by atoms with van der Waals surface area (Å²) in [6.07, 6.45) is -6.06. The molecule has 19 heavy (non-hydrogen) atoms. The van der Waals surface area contributed by atoms with Crippen molar-refractivity contribution < 1.29 is 37.0 Å². The van der Waals surface area contributed by atoms with Gasteiger partial charge in [-0.05, 0) is 17.8 Å². The van der Waals surface area contributed by atoms with Crippen molar-refractivity contribution in [1.29, 1.82) is 0 Å². The van der Waals surface area contributed by atoms with E-state index < -0.39 is 23.3 Å². The second-order valence-electron chi connectivity index (χ2n) is 4.67. The van der Waals surface area contributed by atoms with Crippen LogP contribution in [-0.2, 0) is 0 Å². The van der Waals surface area contributed by atoms with Crippen molar-refractivity contribution in [1.82, 2.24) is 0 Å². The van der Waals surface area contributed by atoms with Gasteiger partial charge in [-0.3, -0.25) is 0 Å². The molecule has 9 heteroatoms. The molecule has 0 spiro atoms. The second kappa shape index (κ2) is 5.52. The molecule has 1 aliphatic rings. The fourth-order valence-electron chi connectivity index (χ4n) is 1.21. The van der Waals surface area contributed by atoms with Crippen molar-refractivity contribution in [3.63, 3.8) is 0 Å². The Bertz CT molecular complexity index is 372. The zero-order valence-corrected chi connectivity index (χ0v) is 10.7. The predicted octanol–water partition coefficient (Wildman–Crippen LogP) is 4.58. The summed E-state index contributed by atoms with van der Waals surface area (Å²) in [6.45, 7) is 3.56. The largest absolute Gasteiger partial charge is 0.503 e. The highest BCUT2D eigenvalue weighted by atomic mass is 35.5. The fourth-order valence-corrected chi connectivity index (χ4v) is 1.47. The van der Waals surface area contributed by atoms with Crippen LogP contribution in [0.15, 0.2) is 11.1 Å². The van der Waals surface area contributed by atoms with Crippen molar-refractivity contribution >= 4 is 17.8 Å². The third-order valence-electron chi connectivity index (χ3n) is 2.59. The molecule has 0 aromatic carbocycles. The Balaban J connectivity index is 0.000000711. The first kappa shape index (κ1) is 17.9. The van der Waals surface area contributed by atoms with Gasteiger partial charge in [-0.15, -0.1) is 0 Å². The van der Waals surface area contributed by atoms with Crippen molar-refractivity contribution in [2.24, 2.45) is 11.3 Å². The van der Waals surface area contributed by atoms with E-state index in [1.165, 1.54) is 0 Å². The lowest BCUT2D eigenvalue weighted by Gasteiger charge is -2.18. The van der Waals surface area contributed by atoms with E-state index in [0.29, 0.717) is 6.42 Å². The first-order valence-electron chi connectivity index (χ1n) is 4.96. The van der Waals surface area contributed by atoms with Gasteiger partial charge in [0.25, 0.3) is 0 Å². The van der Waals surface area contributed by atoms with Gasteiger partial charge in [-0.25, -0.2) is 4.79 Å². The summed E-state index contributed by atoms with van der Waals surface area (Å²) in [5, 5.41) is 12.5. The molecule has 1 rings (SSSR count). The summed E-state index contributed by atoms with van der Waals surface area (Å²) in [5.41, 5.74) is -0.220. The summed E-state index contributed by atoms with van der Waals surface area (Å²) >= 11 is 5.01. The number of carboxylic acid groups (broad SMARTS) is 2. The maximum Gasteiger partial charge on any atom is 0.503 e. The molecule has 0 radical (unpaired) electrons. The monoisotopic (exact) mass is 310 g/mol. The maximum absolute atomic E-state index is 12.6. The van der Waals surface area contributed by atoms with E-state index >= 15 is 0 Å². The van der Waals surface area contributed by atoms with E-state index in [0.717, 1.165) is 6.08 Å². The van der Waals surface area contributed by atoms with Gasteiger partial charge in [0, 0.05) is 0 Å². The van der Waals surface area contributed by atoms with Gasteiger partial charge >= 0.3 is 18.3 Å². The zero-order valence-electron chi connectivity index (χ0n) is 9.93. The lowest BCUT2D eigenvalue weighted by Crippen LogP contribution is -2.36. The summed E-state index contributed by atoms with van der Waals surface area (Å²) < 4.78 is 60.9. The van der Waals surface area contributed by atoms with E-state index in [2.05, 4.69) is 0 Å². The van der Waals surface area contributed by atoms with Crippen LogP contribution in [0.4, 0.5) is 26.7 Å². The second-order valence-corrected chi connectivity index (χ2v) is 5.08. The standard InChI is InChI=1S/C9H10ClF5.CH2O3/c1-7(2)4-5(7)3-6(10)8(11,12)9(13,14)15;2-1(3)4/h3,5H,4H2,1-2H3;(H2,2,3,4). The Hall–Kier alpha value is -1.05. The highest BCUT2D eigenvalue weighted by Gasteiger charge is 2.60. The first-order valence-corrected chi connectivity index (χ1v) is 5.34. The molecule has 0 aromatic heterocycles. The molecule has 3 nitrogen and oxygen atoms in total. The Morgan fingerprint density at radius 3 is 1.79 bits per heavy atom. The quantitative estimate of drug-likeness (QED) is 0.734. The van der Waals surface area contributed by atoms with Crippen LogP contribution in [0.3, 0.4) is 0 Å². The molecule has 0 saturated heterocycles. The van der Waals surface area contributed by atoms with Crippen molar-refractivity contribution in [2.45, 2.75) is 32.4 Å². The van der Waals surface area contributed by atoms with Gasteiger partial charge in [0.05, 0.1) is 5.03 Å². The van der Waals surface area contributed by atoms with Gasteiger partial charge in [-0.1, -0.05) is 31.5 Å². The van der Waals surface area contributed by atoms with Crippen LogP contribution in [0.2, 0.25) is 0 Å². The number of alkyl halides is 5. The topological polar surface area (TPSA) is 57.5 Å². The number of hydrogen-bond donors (Lipinski definition) is 2. The molecule has 1 atom stereocenters. The van der Waals surface area contributed by atoms with E-state index in [1.54, 1.807) is 13.8 Å². The number of rotatable bonds is 2. The van der Waals surface area contributed by atoms with E-state index in [9.17, 15) is 22.0 Å². The van der Waals surface area contributed by atoms with Crippen LogP contribution in [0.1, 0.15) is 20.3 Å². The number of carbonyl (C=O) groups is 1. The Kier molecular flexibility index (Phi) is 5.21. The minimum Gasteiger partial charge on any atom is -0.450 e. The van der Waals surface area contributed by atoms with Crippen LogP contribution in [0.25, 0.3) is 0 Å². The molecular weight excluding hydrogens is 299 g/mol. The molecule has 1 saturated carbocycles. The van der Waals surface area contributed by atoms with E-state index in [4.69, 9.17) is 26.6 Å². The molecule has 0 amide bonds. The Labute approximate surface area is 110 Å². The molecule has 2 N–H and O–H groups in total. The predicted molar refractivity (Wildman–Crippen MR) is 57.5 cm³/mol. The van der Waals surface area contributed by atoms with Gasteiger partial charge in [0.1, 0.15) is 0 Å². The van der Waals surface area contributed by atoms with Crippen LogP contribution < -0.4 is 0 Å². The summed E-state index contributed by atoms with van der Waals surface area (Å²) in [5.74, 6) is -5.23. The normalized spacial score (nSPS) is 22.3. The highest BCUT2D eigenvalue weighted by Crippen LogP contribution is 2.54. The molecule has 1 fully saturated rings. The van der Waals surface area contributed by atoms with Gasteiger partial charge in [0.2, 0.25) is 0 Å². The number of hydrogen-bond acceptors (Lipinski definition) is 1. The maximum atomic E-state index is 12.6. The smallest absolute Gasteiger partial charge is 0.450 e. The molecule has 0 aliphatic heterocycles. The van der Waals surface area contributed by atoms with E-state index in [-0.39, 0.29) is 11.3 Å². The summed E-state index contributed by atoms with van der Waals surface area (Å²) in [6, 6.07) is 0. The van der Waals surface area contributed by atoms with E-state index in [1.807, 2.05) is 0 Å². The Morgan fingerprint density at radius 2 is 1.58 bits per heavy atom. The van der Waals surface area contributed by atoms with Gasteiger partial charge in [0.15, 0.2) is 0 Å². The molecule has 1 unspecified atom stereocenters. The third-order valence-corrected chi connectivity index (χ3v) is 2.96. The third kappa shape index (κ3) is 5.22. The van der Waals surface area contributed by atoms with Crippen molar-refractivity contribution in [2.75, 3.05) is 0 Å². The molecule has 112 valence electrons. The van der Waals surface area contributed by atoms with Crippen molar-refractivity contribution in [3.8, 4) is 0 Å². The molecule has 1 aliphatic carbocycles. The average Bonchev–Trinajstić information content (AvgIpc) is 2.70. The summed E-state index contributed by atoms with van der Waals surface area (Å²) in [4.78, 5) is 8.56. The SMILES string of the molecule is CC1(C)CC1C=C(Cl)C(F)(F)C(F)(F)F.O=C(O)O. The van der Waals surface area contributed by atoms with Gasteiger partial charge < -0.3 is 10.2 Å². The lowest BCUT2D eigenvalue weighted by molar-refractivity contribution is -0.261. The van der Waals surface area contributed by atoms with Crippen LogP contribution in [-0.4, -0.2) is 28.5 Å². The first-order chi connectivity index (χ1) is 8.22. The number of halogens is 6. The molecular formula is C10H12ClF5O3. The molecule has 0 bridgehead atoms. The fraction of sp³-hybridized carbons (Fsp3) is 0.700. The minimum absolute atomic E-state index is 0.220. The average molecular weight is 311 g/mol. The van der Waals surface area contributed by atoms with Gasteiger partial charge in [-0.2, -0.15) is 22.0 Å². The minimum atomic E-state index is -5.63.